The summed E-state index contributed by atoms with van der Waals surface area (Å²) in [6.45, 7) is 6.10. The highest BCUT2D eigenvalue weighted by atomic mass is 16.1. The van der Waals surface area contributed by atoms with E-state index in [1.165, 1.54) is 0 Å². The van der Waals surface area contributed by atoms with Gasteiger partial charge in [0.25, 0.3) is 5.91 Å². The van der Waals surface area contributed by atoms with Gasteiger partial charge >= 0.3 is 0 Å². The Morgan fingerprint density at radius 2 is 2.26 bits per heavy atom. The first-order valence-electron chi connectivity index (χ1n) is 6.92. The number of anilines is 1. The molecular weight excluding hydrogens is 240 g/mol. The lowest BCUT2D eigenvalue weighted by atomic mass is 9.96. The molecule has 0 spiro atoms. The van der Waals surface area contributed by atoms with Crippen molar-refractivity contribution in [3.63, 3.8) is 0 Å². The number of piperidine rings is 1. The molecule has 104 valence electrons. The van der Waals surface area contributed by atoms with Gasteiger partial charge in [0.1, 0.15) is 5.82 Å². The Bertz CT molecular complexity index is 427. The lowest BCUT2D eigenvalue weighted by Crippen LogP contribution is -2.38. The summed E-state index contributed by atoms with van der Waals surface area (Å²) in [5, 5.41) is 3.39. The fourth-order valence-corrected chi connectivity index (χ4v) is 2.54. The Labute approximate surface area is 114 Å². The van der Waals surface area contributed by atoms with Crippen molar-refractivity contribution >= 4 is 11.7 Å². The summed E-state index contributed by atoms with van der Waals surface area (Å²) >= 11 is 0. The molecule has 1 aliphatic rings. The largest absolute Gasteiger partial charge is 0.365 e. The van der Waals surface area contributed by atoms with Gasteiger partial charge in [0.05, 0.1) is 5.56 Å². The number of carbonyl (C=O) groups is 1. The molecule has 0 saturated carbocycles. The first-order valence-corrected chi connectivity index (χ1v) is 6.92. The van der Waals surface area contributed by atoms with Crippen LogP contribution in [-0.4, -0.2) is 37.1 Å². The Hall–Kier alpha value is -1.62. The SMILES string of the molecule is CCNCC1CCN(c2ncccc2C(N)=O)CC1. The molecule has 0 bridgehead atoms. The number of aromatic nitrogens is 1. The van der Waals surface area contributed by atoms with Crippen LogP contribution in [0.3, 0.4) is 0 Å². The van der Waals surface area contributed by atoms with Gasteiger partial charge in [-0.2, -0.15) is 0 Å². The van der Waals surface area contributed by atoms with Gasteiger partial charge in [-0.3, -0.25) is 4.79 Å². The minimum Gasteiger partial charge on any atom is -0.365 e. The van der Waals surface area contributed by atoms with Crippen molar-refractivity contribution in [2.24, 2.45) is 11.7 Å². The zero-order valence-electron chi connectivity index (χ0n) is 11.4. The van der Waals surface area contributed by atoms with Gasteiger partial charge in [0.2, 0.25) is 0 Å². The average molecular weight is 262 g/mol. The molecule has 0 radical (unpaired) electrons. The molecule has 1 aliphatic heterocycles. The van der Waals surface area contributed by atoms with Crippen LogP contribution in [-0.2, 0) is 0 Å². The number of nitrogens with two attached hydrogens (primary N) is 1. The summed E-state index contributed by atoms with van der Waals surface area (Å²) in [6, 6.07) is 3.50. The van der Waals surface area contributed by atoms with E-state index >= 15 is 0 Å². The van der Waals surface area contributed by atoms with Crippen LogP contribution in [0.4, 0.5) is 5.82 Å². The summed E-state index contributed by atoms with van der Waals surface area (Å²) in [7, 11) is 0. The Kier molecular flexibility index (Phi) is 4.74. The summed E-state index contributed by atoms with van der Waals surface area (Å²) in [6.07, 6.45) is 3.97. The van der Waals surface area contributed by atoms with Crippen LogP contribution in [0.25, 0.3) is 0 Å². The molecule has 1 fully saturated rings. The summed E-state index contributed by atoms with van der Waals surface area (Å²) in [5.74, 6) is 1.05. The lowest BCUT2D eigenvalue weighted by Gasteiger charge is -2.33. The second-order valence-corrected chi connectivity index (χ2v) is 4.98. The molecule has 1 amide bonds. The Morgan fingerprint density at radius 1 is 1.53 bits per heavy atom. The first kappa shape index (κ1) is 13.8. The lowest BCUT2D eigenvalue weighted by molar-refractivity contribution is 0.100. The Morgan fingerprint density at radius 3 is 2.89 bits per heavy atom. The number of rotatable bonds is 5. The number of carbonyl (C=O) groups excluding carboxylic acids is 1. The maximum absolute atomic E-state index is 11.4. The van der Waals surface area contributed by atoms with Crippen LogP contribution in [0.5, 0.6) is 0 Å². The molecule has 0 aromatic carbocycles. The van der Waals surface area contributed by atoms with E-state index in [9.17, 15) is 4.79 Å². The second kappa shape index (κ2) is 6.52. The number of hydrogen-bond donors (Lipinski definition) is 2. The van der Waals surface area contributed by atoms with Crippen molar-refractivity contribution in [1.29, 1.82) is 0 Å². The first-order chi connectivity index (χ1) is 9.22. The number of pyridine rings is 1. The van der Waals surface area contributed by atoms with Crippen molar-refractivity contribution in [1.82, 2.24) is 10.3 Å². The van der Waals surface area contributed by atoms with Crippen LogP contribution in [0.1, 0.15) is 30.1 Å². The highest BCUT2D eigenvalue weighted by Crippen LogP contribution is 2.23. The molecule has 5 heteroatoms. The number of hydrogen-bond acceptors (Lipinski definition) is 4. The minimum atomic E-state index is -0.405. The summed E-state index contributed by atoms with van der Waals surface area (Å²) in [4.78, 5) is 17.9. The molecule has 0 atom stereocenters. The predicted octanol–water partition coefficient (Wildman–Crippen LogP) is 1.01. The number of nitrogens with one attached hydrogen (secondary N) is 1. The van der Waals surface area contributed by atoms with Crippen molar-refractivity contribution in [2.45, 2.75) is 19.8 Å². The van der Waals surface area contributed by atoms with E-state index in [1.54, 1.807) is 18.3 Å². The van der Waals surface area contributed by atoms with Crippen molar-refractivity contribution < 1.29 is 4.79 Å². The van der Waals surface area contributed by atoms with Crippen LogP contribution in [0, 0.1) is 5.92 Å². The van der Waals surface area contributed by atoms with E-state index in [-0.39, 0.29) is 0 Å². The minimum absolute atomic E-state index is 0.405. The molecule has 5 nitrogen and oxygen atoms in total. The number of nitrogens with zero attached hydrogens (tertiary/aromatic N) is 2. The van der Waals surface area contributed by atoms with E-state index in [1.807, 2.05) is 0 Å². The molecule has 1 aromatic rings. The third kappa shape index (κ3) is 3.44. The molecule has 3 N–H and O–H groups in total. The fourth-order valence-electron chi connectivity index (χ4n) is 2.54. The summed E-state index contributed by atoms with van der Waals surface area (Å²) < 4.78 is 0. The van der Waals surface area contributed by atoms with Gasteiger partial charge in [0, 0.05) is 19.3 Å². The highest BCUT2D eigenvalue weighted by Gasteiger charge is 2.22. The van der Waals surface area contributed by atoms with Gasteiger partial charge in [-0.15, -0.1) is 0 Å². The van der Waals surface area contributed by atoms with Gasteiger partial charge in [0.15, 0.2) is 0 Å². The number of primary amides is 1. The van der Waals surface area contributed by atoms with Gasteiger partial charge < -0.3 is 16.0 Å². The maximum Gasteiger partial charge on any atom is 0.252 e. The van der Waals surface area contributed by atoms with Crippen LogP contribution in [0.15, 0.2) is 18.3 Å². The number of amides is 1. The predicted molar refractivity (Wildman–Crippen MR) is 76.2 cm³/mol. The second-order valence-electron chi connectivity index (χ2n) is 4.98. The van der Waals surface area contributed by atoms with E-state index in [2.05, 4.69) is 22.1 Å². The molecular formula is C14H22N4O. The van der Waals surface area contributed by atoms with Gasteiger partial charge in [-0.25, -0.2) is 4.98 Å². The van der Waals surface area contributed by atoms with Gasteiger partial charge in [-0.1, -0.05) is 6.92 Å². The fraction of sp³-hybridized carbons (Fsp3) is 0.571. The Balaban J connectivity index is 2.00. The maximum atomic E-state index is 11.4. The van der Waals surface area contributed by atoms with Crippen molar-refractivity contribution in [3.05, 3.63) is 23.9 Å². The topological polar surface area (TPSA) is 71.2 Å². The molecule has 19 heavy (non-hydrogen) atoms. The standard InChI is InChI=1S/C14H22N4O/c1-2-16-10-11-5-8-18(9-6-11)14-12(13(15)19)4-3-7-17-14/h3-4,7,11,16H,2,5-6,8-10H2,1H3,(H2,15,19). The van der Waals surface area contributed by atoms with E-state index in [0.29, 0.717) is 5.56 Å². The molecule has 1 aromatic heterocycles. The smallest absolute Gasteiger partial charge is 0.252 e. The molecule has 1 saturated heterocycles. The van der Waals surface area contributed by atoms with Crippen molar-refractivity contribution in [3.8, 4) is 0 Å². The average Bonchev–Trinajstić information content (AvgIpc) is 2.45. The van der Waals surface area contributed by atoms with E-state index in [4.69, 9.17) is 5.73 Å². The van der Waals surface area contributed by atoms with Crippen molar-refractivity contribution in [2.75, 3.05) is 31.1 Å². The zero-order chi connectivity index (χ0) is 13.7. The summed E-state index contributed by atoms with van der Waals surface area (Å²) in [5.41, 5.74) is 5.92. The zero-order valence-corrected chi connectivity index (χ0v) is 11.4. The monoisotopic (exact) mass is 262 g/mol. The van der Waals surface area contributed by atoms with Crippen LogP contribution < -0.4 is 16.0 Å². The molecule has 2 rings (SSSR count). The highest BCUT2D eigenvalue weighted by molar-refractivity contribution is 5.97. The third-order valence-electron chi connectivity index (χ3n) is 3.65. The molecule has 0 unspecified atom stereocenters. The van der Waals surface area contributed by atoms with Crippen LogP contribution in [0.2, 0.25) is 0 Å². The van der Waals surface area contributed by atoms with E-state index in [0.717, 1.165) is 50.8 Å². The quantitative estimate of drug-likeness (QED) is 0.830. The van der Waals surface area contributed by atoms with Crippen LogP contribution >= 0.6 is 0 Å². The van der Waals surface area contributed by atoms with E-state index < -0.39 is 5.91 Å². The third-order valence-corrected chi connectivity index (χ3v) is 3.65. The van der Waals surface area contributed by atoms with Gasteiger partial charge in [-0.05, 0) is 44.0 Å². The molecule has 2 heterocycles. The normalized spacial score (nSPS) is 16.6. The molecule has 0 aliphatic carbocycles.